The van der Waals surface area contributed by atoms with Crippen molar-refractivity contribution in [3.05, 3.63) is 12.7 Å². The molecule has 1 fully saturated rings. The average Bonchev–Trinajstić information content (AvgIpc) is 2.74. The molecule has 5 nitrogen and oxygen atoms in total. The molecule has 2 unspecified atom stereocenters. The third-order valence-corrected chi connectivity index (χ3v) is 5.65. The van der Waals surface area contributed by atoms with Gasteiger partial charge in [-0.1, -0.05) is 19.4 Å². The molecule has 0 aromatic heterocycles. The predicted molar refractivity (Wildman–Crippen MR) is 65.1 cm³/mol. The van der Waals surface area contributed by atoms with Crippen LogP contribution in [0.25, 0.3) is 0 Å². The minimum Gasteiger partial charge on any atom is -0.481 e. The Hall–Kier alpha value is -0.880. The highest BCUT2D eigenvalue weighted by atomic mass is 32.2. The lowest BCUT2D eigenvalue weighted by Crippen LogP contribution is -2.42. The summed E-state index contributed by atoms with van der Waals surface area (Å²) >= 11 is 0. The van der Waals surface area contributed by atoms with Crippen LogP contribution < -0.4 is 0 Å². The largest absolute Gasteiger partial charge is 0.481 e. The fraction of sp³-hybridized carbons (Fsp3) is 0.727. The zero-order valence-electron chi connectivity index (χ0n) is 10.0. The Bertz CT molecular complexity index is 390. The number of carbonyl (C=O) groups is 1. The number of aliphatic carboxylic acids is 1. The molecule has 1 saturated carbocycles. The molecular formula is C11H19NO4S. The van der Waals surface area contributed by atoms with Crippen molar-refractivity contribution in [1.82, 2.24) is 4.31 Å². The molecule has 98 valence electrons. The highest BCUT2D eigenvalue weighted by Gasteiger charge is 2.43. The van der Waals surface area contributed by atoms with Crippen LogP contribution in [-0.4, -0.2) is 42.1 Å². The van der Waals surface area contributed by atoms with Crippen LogP contribution >= 0.6 is 0 Å². The number of carboxylic acids is 1. The summed E-state index contributed by atoms with van der Waals surface area (Å²) < 4.78 is 25.9. The molecule has 1 rings (SSSR count). The molecule has 0 aromatic rings. The molecule has 1 N–H and O–H groups in total. The smallest absolute Gasteiger partial charge is 0.307 e. The van der Waals surface area contributed by atoms with Crippen LogP contribution in [0.3, 0.4) is 0 Å². The Balaban J connectivity index is 2.95. The summed E-state index contributed by atoms with van der Waals surface area (Å²) in [6.45, 7) is 5.84. The van der Waals surface area contributed by atoms with E-state index in [0.29, 0.717) is 25.8 Å². The van der Waals surface area contributed by atoms with E-state index < -0.39 is 27.2 Å². The highest BCUT2D eigenvalue weighted by molar-refractivity contribution is 7.89. The van der Waals surface area contributed by atoms with Crippen LogP contribution in [0.15, 0.2) is 12.7 Å². The maximum absolute atomic E-state index is 12.3. The molecule has 17 heavy (non-hydrogen) atoms. The van der Waals surface area contributed by atoms with Crippen LogP contribution in [0, 0.1) is 5.92 Å². The van der Waals surface area contributed by atoms with Crippen molar-refractivity contribution in [2.75, 3.05) is 13.1 Å². The SMILES string of the molecule is C=CCN(CC)S(=O)(=O)C1CCCC1C(=O)O. The summed E-state index contributed by atoms with van der Waals surface area (Å²) in [6.07, 6.45) is 3.07. The zero-order valence-corrected chi connectivity index (χ0v) is 10.8. The predicted octanol–water partition coefficient (Wildman–Crippen LogP) is 1.08. The van der Waals surface area contributed by atoms with E-state index in [1.54, 1.807) is 6.92 Å². The van der Waals surface area contributed by atoms with Crippen molar-refractivity contribution in [2.24, 2.45) is 5.92 Å². The van der Waals surface area contributed by atoms with E-state index in [2.05, 4.69) is 6.58 Å². The molecule has 0 heterocycles. The molecule has 0 radical (unpaired) electrons. The van der Waals surface area contributed by atoms with Crippen molar-refractivity contribution in [3.8, 4) is 0 Å². The molecule has 0 aromatic carbocycles. The van der Waals surface area contributed by atoms with Gasteiger partial charge in [-0.15, -0.1) is 6.58 Å². The number of hydrogen-bond donors (Lipinski definition) is 1. The van der Waals surface area contributed by atoms with Crippen molar-refractivity contribution in [2.45, 2.75) is 31.4 Å². The normalized spacial score (nSPS) is 25.1. The van der Waals surface area contributed by atoms with E-state index in [1.165, 1.54) is 10.4 Å². The van der Waals surface area contributed by atoms with Gasteiger partial charge in [0.2, 0.25) is 10.0 Å². The minimum atomic E-state index is -3.53. The van der Waals surface area contributed by atoms with Crippen molar-refractivity contribution in [1.29, 1.82) is 0 Å². The van der Waals surface area contributed by atoms with Gasteiger partial charge in [-0.2, -0.15) is 4.31 Å². The Labute approximate surface area is 102 Å². The van der Waals surface area contributed by atoms with Gasteiger partial charge < -0.3 is 5.11 Å². The average molecular weight is 261 g/mol. The summed E-state index contributed by atoms with van der Waals surface area (Å²) in [5.41, 5.74) is 0. The fourth-order valence-corrected chi connectivity index (χ4v) is 4.50. The minimum absolute atomic E-state index is 0.238. The van der Waals surface area contributed by atoms with Gasteiger partial charge in [0.1, 0.15) is 0 Å². The van der Waals surface area contributed by atoms with Gasteiger partial charge in [0.25, 0.3) is 0 Å². The quantitative estimate of drug-likeness (QED) is 0.726. The van der Waals surface area contributed by atoms with Gasteiger partial charge in [-0.25, -0.2) is 8.42 Å². The van der Waals surface area contributed by atoms with E-state index >= 15 is 0 Å². The first-order valence-electron chi connectivity index (χ1n) is 5.77. The Morgan fingerprint density at radius 1 is 1.53 bits per heavy atom. The van der Waals surface area contributed by atoms with E-state index in [-0.39, 0.29) is 6.54 Å². The van der Waals surface area contributed by atoms with E-state index in [9.17, 15) is 13.2 Å². The maximum Gasteiger partial charge on any atom is 0.307 e. The van der Waals surface area contributed by atoms with Crippen LogP contribution in [0.5, 0.6) is 0 Å². The summed E-state index contributed by atoms with van der Waals surface area (Å²) in [6, 6.07) is 0. The topological polar surface area (TPSA) is 74.7 Å². The third-order valence-electron chi connectivity index (χ3n) is 3.20. The van der Waals surface area contributed by atoms with Gasteiger partial charge >= 0.3 is 5.97 Å². The number of hydrogen-bond acceptors (Lipinski definition) is 3. The van der Waals surface area contributed by atoms with Gasteiger partial charge in [0.05, 0.1) is 11.2 Å². The van der Waals surface area contributed by atoms with Crippen LogP contribution in [-0.2, 0) is 14.8 Å². The van der Waals surface area contributed by atoms with E-state index in [1.807, 2.05) is 0 Å². The maximum atomic E-state index is 12.3. The monoisotopic (exact) mass is 261 g/mol. The number of sulfonamides is 1. The molecule has 0 bridgehead atoms. The first-order valence-corrected chi connectivity index (χ1v) is 7.28. The lowest BCUT2D eigenvalue weighted by Gasteiger charge is -2.25. The third kappa shape index (κ3) is 2.87. The summed E-state index contributed by atoms with van der Waals surface area (Å²) in [5.74, 6) is -1.77. The van der Waals surface area contributed by atoms with Crippen LogP contribution in [0.2, 0.25) is 0 Å². The Morgan fingerprint density at radius 2 is 2.18 bits per heavy atom. The van der Waals surface area contributed by atoms with Gasteiger partial charge in [0, 0.05) is 13.1 Å². The summed E-state index contributed by atoms with van der Waals surface area (Å²) in [5, 5.41) is 8.25. The first kappa shape index (κ1) is 14.2. The van der Waals surface area contributed by atoms with Crippen molar-refractivity contribution in [3.63, 3.8) is 0 Å². The van der Waals surface area contributed by atoms with Crippen molar-refractivity contribution >= 4 is 16.0 Å². The second-order valence-corrected chi connectivity index (χ2v) is 6.35. The number of likely N-dealkylation sites (N-methyl/N-ethyl adjacent to an activating group) is 1. The van der Waals surface area contributed by atoms with Crippen molar-refractivity contribution < 1.29 is 18.3 Å². The molecule has 2 atom stereocenters. The molecular weight excluding hydrogens is 242 g/mol. The zero-order chi connectivity index (χ0) is 13.1. The second-order valence-electron chi connectivity index (χ2n) is 4.20. The van der Waals surface area contributed by atoms with Crippen LogP contribution in [0.4, 0.5) is 0 Å². The summed E-state index contributed by atoms with van der Waals surface area (Å²) in [7, 11) is -3.53. The van der Waals surface area contributed by atoms with Gasteiger partial charge in [0.15, 0.2) is 0 Å². The van der Waals surface area contributed by atoms with Crippen LogP contribution in [0.1, 0.15) is 26.2 Å². The number of rotatable bonds is 6. The van der Waals surface area contributed by atoms with Gasteiger partial charge in [-0.05, 0) is 12.8 Å². The molecule has 1 aliphatic carbocycles. The lowest BCUT2D eigenvalue weighted by atomic mass is 10.1. The summed E-state index contributed by atoms with van der Waals surface area (Å²) in [4.78, 5) is 11.0. The van der Waals surface area contributed by atoms with E-state index in [4.69, 9.17) is 5.11 Å². The Morgan fingerprint density at radius 3 is 2.65 bits per heavy atom. The van der Waals surface area contributed by atoms with Gasteiger partial charge in [-0.3, -0.25) is 4.79 Å². The highest BCUT2D eigenvalue weighted by Crippen LogP contribution is 2.33. The number of nitrogens with zero attached hydrogens (tertiary/aromatic N) is 1. The molecule has 0 aliphatic heterocycles. The molecule has 0 spiro atoms. The second kappa shape index (κ2) is 5.64. The lowest BCUT2D eigenvalue weighted by molar-refractivity contribution is -0.141. The number of carboxylic acid groups (broad SMARTS) is 1. The standard InChI is InChI=1S/C11H19NO4S/c1-3-8-12(4-2)17(15,16)10-7-5-6-9(10)11(13)14/h3,9-10H,1,4-8H2,2H3,(H,13,14). The molecule has 0 amide bonds. The Kier molecular flexibility index (Phi) is 4.70. The molecule has 6 heteroatoms. The molecule has 0 saturated heterocycles. The van der Waals surface area contributed by atoms with E-state index in [0.717, 1.165) is 0 Å². The molecule has 1 aliphatic rings. The first-order chi connectivity index (χ1) is 7.95. The fourth-order valence-electron chi connectivity index (χ4n) is 2.31.